The summed E-state index contributed by atoms with van der Waals surface area (Å²) in [6.07, 6.45) is 6.47. The average molecular weight is 837 g/mol. The number of aromatic nitrogens is 4. The van der Waals surface area contributed by atoms with Crippen LogP contribution < -0.4 is 5.32 Å². The van der Waals surface area contributed by atoms with E-state index in [4.69, 9.17) is 9.97 Å². The number of likely N-dealkylation sites (N-methyl/N-ethyl adjacent to an activating group) is 1. The Morgan fingerprint density at radius 2 is 1.34 bits per heavy atom. The number of amides is 2. The first-order valence-corrected chi connectivity index (χ1v) is 21.6. The molecule has 0 aliphatic carbocycles. The number of hydrogen-bond acceptors (Lipinski definition) is 7. The molecular weight excluding hydrogens is 784 g/mol. The van der Waals surface area contributed by atoms with Crippen LogP contribution in [0.1, 0.15) is 80.4 Å². The minimum Gasteiger partial charge on any atom is -0.465 e. The van der Waals surface area contributed by atoms with E-state index in [2.05, 4.69) is 70.4 Å². The van der Waals surface area contributed by atoms with Gasteiger partial charge in [-0.1, -0.05) is 111 Å². The van der Waals surface area contributed by atoms with Crippen LogP contribution in [0.5, 0.6) is 0 Å². The highest BCUT2D eigenvalue weighted by Gasteiger charge is 2.39. The Hall–Kier alpha value is -6.44. The highest BCUT2D eigenvalue weighted by atomic mass is 19.1. The van der Waals surface area contributed by atoms with Crippen molar-refractivity contribution in [3.05, 3.63) is 144 Å². The zero-order valence-corrected chi connectivity index (χ0v) is 35.1. The highest BCUT2D eigenvalue weighted by Crippen LogP contribution is 2.37. The monoisotopic (exact) mass is 836 g/mol. The van der Waals surface area contributed by atoms with Gasteiger partial charge in [0.2, 0.25) is 5.91 Å². The second-order valence-electron chi connectivity index (χ2n) is 16.1. The number of likely N-dealkylation sites (tertiary alicyclic amines) is 2. The number of carboxylic acid groups (broad SMARTS) is 1. The number of H-pyrrole nitrogens is 2. The van der Waals surface area contributed by atoms with E-state index in [0.29, 0.717) is 24.5 Å². The van der Waals surface area contributed by atoms with Crippen molar-refractivity contribution in [1.82, 2.24) is 40.0 Å². The molecule has 2 aromatic heterocycles. The second kappa shape index (κ2) is 19.1. The number of carbonyl (C=O) groups is 3. The number of benzene rings is 4. The van der Waals surface area contributed by atoms with Crippen LogP contribution in [-0.4, -0.2) is 96.3 Å². The van der Waals surface area contributed by atoms with Crippen molar-refractivity contribution in [2.75, 3.05) is 26.2 Å². The maximum absolute atomic E-state index is 14.6. The van der Waals surface area contributed by atoms with Crippen molar-refractivity contribution in [2.24, 2.45) is 0 Å². The first kappa shape index (κ1) is 42.3. The lowest BCUT2D eigenvalue weighted by molar-refractivity contribution is -0.138. The molecule has 2 aliphatic rings. The third kappa shape index (κ3) is 8.95. The van der Waals surface area contributed by atoms with Gasteiger partial charge in [-0.25, -0.2) is 19.2 Å². The molecule has 13 heteroatoms. The molecule has 0 radical (unpaired) electrons. The molecular formula is C49H53FN8O4. The van der Waals surface area contributed by atoms with Gasteiger partial charge in [0, 0.05) is 6.54 Å². The van der Waals surface area contributed by atoms with Gasteiger partial charge in [0.25, 0.3) is 0 Å². The summed E-state index contributed by atoms with van der Waals surface area (Å²) < 4.78 is 14.6. The minimum absolute atomic E-state index is 0.0322. The molecule has 0 bridgehead atoms. The van der Waals surface area contributed by atoms with Crippen molar-refractivity contribution in [2.45, 2.75) is 76.2 Å². The van der Waals surface area contributed by atoms with E-state index < -0.39 is 24.0 Å². The predicted octanol–water partition coefficient (Wildman–Crippen LogP) is 8.60. The van der Waals surface area contributed by atoms with Crippen LogP contribution in [-0.2, 0) is 16.0 Å². The van der Waals surface area contributed by atoms with E-state index in [-0.39, 0.29) is 30.5 Å². The van der Waals surface area contributed by atoms with E-state index in [1.54, 1.807) is 24.4 Å². The maximum atomic E-state index is 14.6. The van der Waals surface area contributed by atoms with Crippen molar-refractivity contribution in [3.63, 3.8) is 0 Å². The molecule has 0 spiro atoms. The summed E-state index contributed by atoms with van der Waals surface area (Å²) in [5.41, 5.74) is 7.13. The van der Waals surface area contributed by atoms with Crippen LogP contribution in [0.2, 0.25) is 0 Å². The molecule has 4 aromatic carbocycles. The fourth-order valence-corrected chi connectivity index (χ4v) is 9.36. The molecule has 4 N–H and O–H groups in total. The van der Waals surface area contributed by atoms with Gasteiger partial charge >= 0.3 is 6.09 Å². The Balaban J connectivity index is 0.933. The van der Waals surface area contributed by atoms with E-state index in [1.165, 1.54) is 6.07 Å². The van der Waals surface area contributed by atoms with Gasteiger partial charge in [-0.15, -0.1) is 0 Å². The maximum Gasteiger partial charge on any atom is 0.404 e. The van der Waals surface area contributed by atoms with Crippen LogP contribution in [0.4, 0.5) is 9.18 Å². The third-order valence-electron chi connectivity index (χ3n) is 12.5. The fourth-order valence-electron chi connectivity index (χ4n) is 9.36. The molecule has 320 valence electrons. The summed E-state index contributed by atoms with van der Waals surface area (Å²) >= 11 is 0. The number of hydrogen-bond donors (Lipinski definition) is 4. The zero-order chi connectivity index (χ0) is 43.2. The highest BCUT2D eigenvalue weighted by molar-refractivity contribution is 5.84. The van der Waals surface area contributed by atoms with Crippen LogP contribution in [0, 0.1) is 5.82 Å². The number of halogens is 1. The number of carbonyl (C=O) groups excluding carboxylic acids is 2. The Kier molecular flexibility index (Phi) is 13.0. The van der Waals surface area contributed by atoms with E-state index in [1.807, 2.05) is 58.5 Å². The van der Waals surface area contributed by atoms with Crippen molar-refractivity contribution in [3.8, 4) is 33.6 Å². The van der Waals surface area contributed by atoms with Gasteiger partial charge < -0.3 is 30.1 Å². The van der Waals surface area contributed by atoms with E-state index >= 15 is 0 Å². The molecule has 8 rings (SSSR count). The van der Waals surface area contributed by atoms with Crippen LogP contribution in [0.15, 0.2) is 116 Å². The summed E-state index contributed by atoms with van der Waals surface area (Å²) in [5.74, 6) is 1.17. The lowest BCUT2D eigenvalue weighted by Crippen LogP contribution is -2.53. The first-order valence-electron chi connectivity index (χ1n) is 21.6. The second-order valence-corrected chi connectivity index (χ2v) is 16.1. The standard InChI is InChI=1S/C49H53FN8O4/c1-3-56(4-2)45(36-12-6-5-7-13-36)48(60)58-27-11-17-43(58)47-52-30-41(54-47)35-24-20-33(21-25-35)32-18-22-34(23-19-32)40-29-51-46(53-40)42-16-10-26-57(42)44(31-59)39(55-49(61)62)28-37-14-8-9-15-38(37)50/h5-9,12-15,18-25,29-31,39,42-45,55H,3-4,10-11,16-17,26-28H2,1-2H3,(H,51,53)(H,52,54)(H,61,62)/t39-,42+,43+,44?,45-/m1/s1. The lowest BCUT2D eigenvalue weighted by Gasteiger charge is -2.34. The number of rotatable bonds is 16. The van der Waals surface area contributed by atoms with Crippen molar-refractivity contribution < 1.29 is 23.9 Å². The quantitative estimate of drug-likeness (QED) is 0.0709. The lowest BCUT2D eigenvalue weighted by atomic mass is 9.98. The Bertz CT molecular complexity index is 2450. The molecule has 6 aromatic rings. The Labute approximate surface area is 361 Å². The fraction of sp³-hybridized carbons (Fsp3) is 0.327. The number of aldehydes is 1. The van der Waals surface area contributed by atoms with E-state index in [9.17, 15) is 23.9 Å². The normalized spacial score (nSPS) is 18.2. The number of nitrogens with zero attached hydrogens (tertiary/aromatic N) is 5. The number of nitrogens with one attached hydrogen (secondary N) is 3. The Morgan fingerprint density at radius 3 is 1.92 bits per heavy atom. The van der Waals surface area contributed by atoms with Crippen LogP contribution in [0.3, 0.4) is 0 Å². The molecule has 4 heterocycles. The topological polar surface area (TPSA) is 151 Å². The van der Waals surface area contributed by atoms with E-state index in [0.717, 1.165) is 90.1 Å². The molecule has 5 atom stereocenters. The molecule has 12 nitrogen and oxygen atoms in total. The molecule has 2 saturated heterocycles. The van der Waals surface area contributed by atoms with Gasteiger partial charge in [-0.3, -0.25) is 14.6 Å². The number of imidazole rings is 2. The molecule has 1 unspecified atom stereocenters. The largest absolute Gasteiger partial charge is 0.465 e. The zero-order valence-electron chi connectivity index (χ0n) is 35.1. The summed E-state index contributed by atoms with van der Waals surface area (Å²) in [5, 5.41) is 12.1. The van der Waals surface area contributed by atoms with Crippen molar-refractivity contribution in [1.29, 1.82) is 0 Å². The Morgan fingerprint density at radius 1 is 0.790 bits per heavy atom. The summed E-state index contributed by atoms with van der Waals surface area (Å²) in [4.78, 5) is 61.3. The molecule has 2 fully saturated rings. The molecule has 2 aliphatic heterocycles. The third-order valence-corrected chi connectivity index (χ3v) is 12.5. The molecule has 0 saturated carbocycles. The van der Waals surface area contributed by atoms with Crippen LogP contribution in [0.25, 0.3) is 33.6 Å². The summed E-state index contributed by atoms with van der Waals surface area (Å²) in [6.45, 7) is 7.04. The average Bonchev–Trinajstić information content (AvgIpc) is 4.15. The van der Waals surface area contributed by atoms with Gasteiger partial charge in [-0.05, 0) is 91.2 Å². The smallest absolute Gasteiger partial charge is 0.404 e. The molecule has 2 amide bonds. The predicted molar refractivity (Wildman–Crippen MR) is 236 cm³/mol. The van der Waals surface area contributed by atoms with Gasteiger partial charge in [0.15, 0.2) is 0 Å². The minimum atomic E-state index is -1.27. The van der Waals surface area contributed by atoms with Gasteiger partial charge in [0.1, 0.15) is 29.8 Å². The summed E-state index contributed by atoms with van der Waals surface area (Å²) in [6, 6.07) is 30.5. The van der Waals surface area contributed by atoms with Gasteiger partial charge in [0.05, 0.1) is 47.9 Å². The SMILES string of the molecule is CCN(CC)[C@@H](C(=O)N1CCC[C@H]1c1ncc(-c2ccc(-c3ccc(-c4cnc([C@@H]5CCCN5C(C=O)[C@@H](Cc5ccccc5F)NC(=O)O)[nH]4)cc3)cc2)[nH]1)c1ccccc1. The first-order chi connectivity index (χ1) is 30.3. The van der Waals surface area contributed by atoms with Crippen LogP contribution >= 0.6 is 0 Å². The van der Waals surface area contributed by atoms with Crippen molar-refractivity contribution >= 4 is 18.3 Å². The number of aromatic amines is 2. The summed E-state index contributed by atoms with van der Waals surface area (Å²) in [7, 11) is 0. The molecule has 62 heavy (non-hydrogen) atoms. The van der Waals surface area contributed by atoms with Gasteiger partial charge in [-0.2, -0.15) is 0 Å².